The minimum atomic E-state index is -3.34. The lowest BCUT2D eigenvalue weighted by molar-refractivity contribution is -0.130. The molecule has 2 heterocycles. The molecule has 1 atom stereocenters. The van der Waals surface area contributed by atoms with Gasteiger partial charge in [-0.3, -0.25) is 9.59 Å². The predicted octanol–water partition coefficient (Wildman–Crippen LogP) is 1.99. The number of nitrogens with one attached hydrogen (secondary N) is 2. The van der Waals surface area contributed by atoms with Crippen LogP contribution in [0.2, 0.25) is 0 Å². The van der Waals surface area contributed by atoms with Crippen LogP contribution in [0.25, 0.3) is 0 Å². The van der Waals surface area contributed by atoms with E-state index in [9.17, 15) is 18.0 Å². The average molecular weight is 489 g/mol. The van der Waals surface area contributed by atoms with Crippen LogP contribution in [0.3, 0.4) is 0 Å². The Labute approximate surface area is 200 Å². The lowest BCUT2D eigenvalue weighted by atomic mass is 9.97. The van der Waals surface area contributed by atoms with Crippen molar-refractivity contribution in [3.8, 4) is 0 Å². The number of benzene rings is 1. The summed E-state index contributed by atoms with van der Waals surface area (Å²) < 4.78 is 25.3. The van der Waals surface area contributed by atoms with Gasteiger partial charge in [0.25, 0.3) is 5.91 Å². The zero-order valence-electron chi connectivity index (χ0n) is 19.7. The standard InChI is InChI=1S/C23H32N6O4S/c1-16(30)29-10-4-5-18(14-29)12-25-21-11-22(26-13-20(21)23(24)31)27-19-8-6-17(7-9-19)15-34(32,33)28(2)3/h6-9,11,13,18H,4-5,10,12,14-15H2,1-3H3,(H2,24,31)(H2,25,26,27)/t18-/m1/s1. The van der Waals surface area contributed by atoms with Gasteiger partial charge < -0.3 is 21.3 Å². The van der Waals surface area contributed by atoms with E-state index in [2.05, 4.69) is 15.6 Å². The molecule has 1 aromatic heterocycles. The summed E-state index contributed by atoms with van der Waals surface area (Å²) in [5, 5.41) is 6.47. The highest BCUT2D eigenvalue weighted by Gasteiger charge is 2.22. The maximum Gasteiger partial charge on any atom is 0.252 e. The van der Waals surface area contributed by atoms with Crippen LogP contribution in [0.4, 0.5) is 17.2 Å². The van der Waals surface area contributed by atoms with Crippen molar-refractivity contribution in [2.24, 2.45) is 11.7 Å². The van der Waals surface area contributed by atoms with Crippen LogP contribution in [0.15, 0.2) is 36.5 Å². The van der Waals surface area contributed by atoms with Crippen molar-refractivity contribution in [2.45, 2.75) is 25.5 Å². The number of hydrogen-bond donors (Lipinski definition) is 3. The van der Waals surface area contributed by atoms with Gasteiger partial charge in [0.05, 0.1) is 17.0 Å². The molecule has 0 radical (unpaired) electrons. The molecule has 10 nitrogen and oxygen atoms in total. The zero-order valence-corrected chi connectivity index (χ0v) is 20.6. The topological polar surface area (TPSA) is 138 Å². The van der Waals surface area contributed by atoms with Gasteiger partial charge >= 0.3 is 0 Å². The number of amides is 2. The summed E-state index contributed by atoms with van der Waals surface area (Å²) in [4.78, 5) is 29.7. The summed E-state index contributed by atoms with van der Waals surface area (Å²) >= 11 is 0. The van der Waals surface area contributed by atoms with Crippen molar-refractivity contribution in [1.82, 2.24) is 14.2 Å². The van der Waals surface area contributed by atoms with Gasteiger partial charge in [-0.05, 0) is 36.5 Å². The summed E-state index contributed by atoms with van der Waals surface area (Å²) in [6.07, 6.45) is 3.37. The van der Waals surface area contributed by atoms with Gasteiger partial charge in [-0.2, -0.15) is 0 Å². The quantitative estimate of drug-likeness (QED) is 0.491. The molecule has 1 fully saturated rings. The molecule has 0 unspecified atom stereocenters. The summed E-state index contributed by atoms with van der Waals surface area (Å²) in [7, 11) is -0.327. The van der Waals surface area contributed by atoms with Gasteiger partial charge in [0.15, 0.2) is 0 Å². The highest BCUT2D eigenvalue weighted by Crippen LogP contribution is 2.24. The van der Waals surface area contributed by atoms with Gasteiger partial charge in [0.2, 0.25) is 15.9 Å². The number of anilines is 3. The van der Waals surface area contributed by atoms with Crippen LogP contribution in [0, 0.1) is 5.92 Å². The minimum Gasteiger partial charge on any atom is -0.384 e. The van der Waals surface area contributed by atoms with Gasteiger partial charge in [0.1, 0.15) is 5.82 Å². The van der Waals surface area contributed by atoms with Crippen LogP contribution < -0.4 is 16.4 Å². The van der Waals surface area contributed by atoms with E-state index >= 15 is 0 Å². The molecule has 184 valence electrons. The minimum absolute atomic E-state index is 0.0725. The first kappa shape index (κ1) is 25.4. The molecule has 0 spiro atoms. The van der Waals surface area contributed by atoms with Crippen molar-refractivity contribution in [3.05, 3.63) is 47.7 Å². The van der Waals surface area contributed by atoms with E-state index in [0.29, 0.717) is 30.2 Å². The Morgan fingerprint density at radius 3 is 2.56 bits per heavy atom. The monoisotopic (exact) mass is 488 g/mol. The van der Waals surface area contributed by atoms with Crippen molar-refractivity contribution in [1.29, 1.82) is 0 Å². The molecule has 1 saturated heterocycles. The van der Waals surface area contributed by atoms with E-state index in [1.54, 1.807) is 37.3 Å². The van der Waals surface area contributed by atoms with Crippen LogP contribution >= 0.6 is 0 Å². The molecule has 2 aromatic rings. The number of rotatable bonds is 9. The van der Waals surface area contributed by atoms with Gasteiger partial charge in [0, 0.05) is 58.6 Å². The lowest BCUT2D eigenvalue weighted by Gasteiger charge is -2.32. The second kappa shape index (κ2) is 10.8. The Balaban J connectivity index is 1.69. The maximum absolute atomic E-state index is 12.1. The highest BCUT2D eigenvalue weighted by atomic mass is 32.2. The number of pyridine rings is 1. The first-order valence-electron chi connectivity index (χ1n) is 11.1. The Morgan fingerprint density at radius 1 is 1.24 bits per heavy atom. The molecule has 0 saturated carbocycles. The van der Waals surface area contributed by atoms with E-state index in [4.69, 9.17) is 5.73 Å². The molecule has 3 rings (SSSR count). The zero-order chi connectivity index (χ0) is 24.9. The van der Waals surface area contributed by atoms with Crippen LogP contribution in [-0.4, -0.2) is 68.2 Å². The SMILES string of the molecule is CC(=O)N1CCC[C@H](CNc2cc(Nc3ccc(CS(=O)(=O)N(C)C)cc3)ncc2C(N)=O)C1. The van der Waals surface area contributed by atoms with Crippen molar-refractivity contribution < 1.29 is 18.0 Å². The van der Waals surface area contributed by atoms with E-state index in [1.165, 1.54) is 24.6 Å². The number of aromatic nitrogens is 1. The molecular formula is C23H32N6O4S. The fraction of sp³-hybridized carbons (Fsp3) is 0.435. The predicted molar refractivity (Wildman–Crippen MR) is 132 cm³/mol. The van der Waals surface area contributed by atoms with Crippen molar-refractivity contribution in [3.63, 3.8) is 0 Å². The number of nitrogens with two attached hydrogens (primary N) is 1. The second-order valence-electron chi connectivity index (χ2n) is 8.69. The molecule has 0 aliphatic carbocycles. The number of nitrogens with zero attached hydrogens (tertiary/aromatic N) is 3. The maximum atomic E-state index is 12.1. The second-order valence-corrected chi connectivity index (χ2v) is 10.9. The fourth-order valence-electron chi connectivity index (χ4n) is 3.81. The Morgan fingerprint density at radius 2 is 1.94 bits per heavy atom. The number of primary amides is 1. The summed E-state index contributed by atoms with van der Waals surface area (Å²) in [5.74, 6) is 0.191. The summed E-state index contributed by atoms with van der Waals surface area (Å²) in [6, 6.07) is 8.75. The number of carbonyl (C=O) groups is 2. The average Bonchev–Trinajstić information content (AvgIpc) is 2.79. The molecule has 11 heteroatoms. The molecule has 4 N–H and O–H groups in total. The smallest absolute Gasteiger partial charge is 0.252 e. The number of carbonyl (C=O) groups excluding carboxylic acids is 2. The third kappa shape index (κ3) is 6.67. The third-order valence-corrected chi connectivity index (χ3v) is 7.66. The molecule has 1 aliphatic heterocycles. The van der Waals surface area contributed by atoms with E-state index in [-0.39, 0.29) is 23.1 Å². The number of sulfonamides is 1. The van der Waals surface area contributed by atoms with Crippen LogP contribution in [0.1, 0.15) is 35.7 Å². The number of hydrogen-bond acceptors (Lipinski definition) is 7. The highest BCUT2D eigenvalue weighted by molar-refractivity contribution is 7.88. The van der Waals surface area contributed by atoms with Crippen molar-refractivity contribution in [2.75, 3.05) is 44.4 Å². The molecule has 1 aromatic carbocycles. The largest absolute Gasteiger partial charge is 0.384 e. The van der Waals surface area contributed by atoms with E-state index in [1.807, 2.05) is 4.90 Å². The fourth-order valence-corrected chi connectivity index (χ4v) is 4.68. The lowest BCUT2D eigenvalue weighted by Crippen LogP contribution is -2.40. The Hall–Kier alpha value is -3.18. The first-order valence-corrected chi connectivity index (χ1v) is 12.7. The van der Waals surface area contributed by atoms with E-state index in [0.717, 1.165) is 25.1 Å². The normalized spacial score (nSPS) is 16.4. The molecular weight excluding hydrogens is 456 g/mol. The van der Waals surface area contributed by atoms with Crippen LogP contribution in [-0.2, 0) is 20.6 Å². The Bertz CT molecular complexity index is 1130. The third-order valence-electron chi connectivity index (χ3n) is 5.85. The van der Waals surface area contributed by atoms with Gasteiger partial charge in [-0.1, -0.05) is 12.1 Å². The van der Waals surface area contributed by atoms with Crippen LogP contribution in [0.5, 0.6) is 0 Å². The van der Waals surface area contributed by atoms with E-state index < -0.39 is 15.9 Å². The first-order chi connectivity index (χ1) is 16.0. The number of piperidine rings is 1. The van der Waals surface area contributed by atoms with Gasteiger partial charge in [-0.25, -0.2) is 17.7 Å². The van der Waals surface area contributed by atoms with Crippen molar-refractivity contribution >= 4 is 39.0 Å². The molecule has 0 bridgehead atoms. The Kier molecular flexibility index (Phi) is 8.11. The molecule has 2 amide bonds. The molecule has 1 aliphatic rings. The number of likely N-dealkylation sites (tertiary alicyclic amines) is 1. The summed E-state index contributed by atoms with van der Waals surface area (Å²) in [6.45, 7) is 3.64. The summed E-state index contributed by atoms with van der Waals surface area (Å²) in [5.41, 5.74) is 7.78. The van der Waals surface area contributed by atoms with Gasteiger partial charge in [-0.15, -0.1) is 0 Å². The molecule has 34 heavy (non-hydrogen) atoms.